The minimum Gasteiger partial charge on any atom is -0.207 e. The van der Waals surface area contributed by atoms with Crippen molar-refractivity contribution in [3.8, 4) is 0 Å². The molecule has 68 valence electrons. The maximum atomic E-state index is 12.9. The zero-order valence-corrected chi connectivity index (χ0v) is 8.76. The Morgan fingerprint density at radius 1 is 1.31 bits per heavy atom. The van der Waals surface area contributed by atoms with Crippen LogP contribution in [0.2, 0.25) is 6.55 Å². The molecule has 0 unspecified atom stereocenters. The lowest BCUT2D eigenvalue weighted by molar-refractivity contribution is 0.629. The van der Waals surface area contributed by atoms with E-state index >= 15 is 0 Å². The number of halogens is 1. The molecule has 2 heteroatoms. The van der Waals surface area contributed by atoms with Crippen LogP contribution < -0.4 is 5.19 Å². The zero-order valence-electron chi connectivity index (χ0n) is 7.76. The summed E-state index contributed by atoms with van der Waals surface area (Å²) in [6.07, 6.45) is 0. The van der Waals surface area contributed by atoms with Crippen molar-refractivity contribution in [2.45, 2.75) is 6.55 Å². The van der Waals surface area contributed by atoms with Gasteiger partial charge in [0.25, 0.3) is 0 Å². The molecule has 13 heavy (non-hydrogen) atoms. The number of hydrogen-bond acceptors (Lipinski definition) is 0. The van der Waals surface area contributed by atoms with Crippen LogP contribution in [0.4, 0.5) is 4.39 Å². The molecule has 0 amide bonds. The Bertz CT molecular complexity index is 323. The molecule has 0 N–H and O–H groups in total. The highest BCUT2D eigenvalue weighted by atomic mass is 28.3. The van der Waals surface area contributed by atoms with Crippen LogP contribution in [0.15, 0.2) is 48.8 Å². The molecule has 0 bridgehead atoms. The molecule has 0 spiro atoms. The summed E-state index contributed by atoms with van der Waals surface area (Å²) < 4.78 is 12.9. The Balaban J connectivity index is 3.19. The summed E-state index contributed by atoms with van der Waals surface area (Å²) in [7, 11) is -1.82. The van der Waals surface area contributed by atoms with Gasteiger partial charge in [0.15, 0.2) is 0 Å². The van der Waals surface area contributed by atoms with Gasteiger partial charge in [-0.25, -0.2) is 4.39 Å². The third kappa shape index (κ3) is 1.95. The Morgan fingerprint density at radius 3 is 2.38 bits per heavy atom. The zero-order chi connectivity index (χ0) is 9.90. The lowest BCUT2D eigenvalue weighted by Gasteiger charge is -2.18. The van der Waals surface area contributed by atoms with Gasteiger partial charge in [-0.15, -0.1) is 13.2 Å². The van der Waals surface area contributed by atoms with Crippen molar-refractivity contribution in [1.82, 2.24) is 0 Å². The average Bonchev–Trinajstić information content (AvgIpc) is 2.17. The molecule has 0 aliphatic rings. The Hall–Kier alpha value is -1.15. The molecule has 0 aliphatic heterocycles. The third-order valence-corrected chi connectivity index (χ3v) is 5.55. The summed E-state index contributed by atoms with van der Waals surface area (Å²) in [5.41, 5.74) is 3.80. The quantitative estimate of drug-likeness (QED) is 0.646. The van der Waals surface area contributed by atoms with Crippen LogP contribution in [-0.2, 0) is 0 Å². The summed E-state index contributed by atoms with van der Waals surface area (Å²) in [6.45, 7) is 9.64. The molecular weight excluding hydrogens is 179 g/mol. The minimum atomic E-state index is -1.82. The van der Waals surface area contributed by atoms with Gasteiger partial charge in [0.2, 0.25) is 0 Å². The van der Waals surface area contributed by atoms with E-state index in [-0.39, 0.29) is 5.82 Å². The van der Waals surface area contributed by atoms with Gasteiger partial charge in [0, 0.05) is 0 Å². The van der Waals surface area contributed by atoms with E-state index in [9.17, 15) is 4.39 Å². The SMILES string of the molecule is C=C[Si](C)(C=C)c1cccc(F)c1. The summed E-state index contributed by atoms with van der Waals surface area (Å²) in [5.74, 6) is -0.195. The van der Waals surface area contributed by atoms with E-state index in [1.165, 1.54) is 6.07 Å². The first-order valence-corrected chi connectivity index (χ1v) is 6.81. The summed E-state index contributed by atoms with van der Waals surface area (Å²) >= 11 is 0. The van der Waals surface area contributed by atoms with Crippen molar-refractivity contribution < 1.29 is 4.39 Å². The summed E-state index contributed by atoms with van der Waals surface area (Å²) in [4.78, 5) is 0. The van der Waals surface area contributed by atoms with Crippen LogP contribution in [0.5, 0.6) is 0 Å². The standard InChI is InChI=1S/C11H13FSi/c1-4-13(3,5-2)11-8-6-7-10(12)9-11/h4-9H,1-2H2,3H3. The van der Waals surface area contributed by atoms with Gasteiger partial charge in [-0.1, -0.05) is 30.1 Å². The van der Waals surface area contributed by atoms with Crippen LogP contribution in [0.3, 0.4) is 0 Å². The fraction of sp³-hybridized carbons (Fsp3) is 0.0909. The molecule has 1 rings (SSSR count). The fourth-order valence-corrected chi connectivity index (χ4v) is 2.68. The highest BCUT2D eigenvalue weighted by Crippen LogP contribution is 2.07. The highest BCUT2D eigenvalue weighted by Gasteiger charge is 2.21. The number of rotatable bonds is 3. The van der Waals surface area contributed by atoms with Crippen molar-refractivity contribution in [2.24, 2.45) is 0 Å². The predicted molar refractivity (Wildman–Crippen MR) is 58.0 cm³/mol. The molecule has 0 fully saturated rings. The van der Waals surface area contributed by atoms with Gasteiger partial charge < -0.3 is 0 Å². The van der Waals surface area contributed by atoms with Gasteiger partial charge in [-0.2, -0.15) is 0 Å². The van der Waals surface area contributed by atoms with Crippen LogP contribution >= 0.6 is 0 Å². The van der Waals surface area contributed by atoms with Crippen molar-refractivity contribution in [2.75, 3.05) is 0 Å². The van der Waals surface area contributed by atoms with E-state index in [4.69, 9.17) is 0 Å². The molecule has 0 heterocycles. The van der Waals surface area contributed by atoms with Gasteiger partial charge in [-0.3, -0.25) is 0 Å². The lowest BCUT2D eigenvalue weighted by Crippen LogP contribution is -2.41. The Kier molecular flexibility index (Phi) is 2.83. The van der Waals surface area contributed by atoms with E-state index in [1.54, 1.807) is 12.1 Å². The summed E-state index contributed by atoms with van der Waals surface area (Å²) in [5, 5.41) is 1.01. The van der Waals surface area contributed by atoms with Gasteiger partial charge in [0.1, 0.15) is 13.9 Å². The predicted octanol–water partition coefficient (Wildman–Crippen LogP) is 2.56. The van der Waals surface area contributed by atoms with Gasteiger partial charge in [-0.05, 0) is 17.3 Å². The van der Waals surface area contributed by atoms with Crippen molar-refractivity contribution in [3.05, 3.63) is 54.6 Å². The van der Waals surface area contributed by atoms with Gasteiger partial charge in [0.05, 0.1) is 0 Å². The smallest absolute Gasteiger partial charge is 0.129 e. The Morgan fingerprint density at radius 2 is 1.92 bits per heavy atom. The molecule has 0 nitrogen and oxygen atoms in total. The summed E-state index contributed by atoms with van der Waals surface area (Å²) in [6, 6.07) is 6.67. The monoisotopic (exact) mass is 192 g/mol. The second kappa shape index (κ2) is 3.71. The lowest BCUT2D eigenvalue weighted by atomic mass is 10.3. The van der Waals surface area contributed by atoms with E-state index in [0.717, 1.165) is 5.19 Å². The maximum Gasteiger partial charge on any atom is 0.129 e. The maximum absolute atomic E-state index is 12.9. The van der Waals surface area contributed by atoms with Crippen LogP contribution in [-0.4, -0.2) is 8.07 Å². The second-order valence-corrected chi connectivity index (χ2v) is 7.16. The highest BCUT2D eigenvalue weighted by molar-refractivity contribution is 6.98. The molecule has 0 aromatic heterocycles. The van der Waals surface area contributed by atoms with Crippen molar-refractivity contribution >= 4 is 13.3 Å². The second-order valence-electron chi connectivity index (χ2n) is 3.20. The first-order valence-electron chi connectivity index (χ1n) is 4.15. The number of hydrogen-bond donors (Lipinski definition) is 0. The topological polar surface area (TPSA) is 0 Å². The first kappa shape index (κ1) is 9.93. The molecule has 0 atom stereocenters. The number of benzene rings is 1. The van der Waals surface area contributed by atoms with E-state index in [2.05, 4.69) is 19.7 Å². The van der Waals surface area contributed by atoms with E-state index in [1.807, 2.05) is 17.5 Å². The molecule has 1 aromatic rings. The van der Waals surface area contributed by atoms with E-state index < -0.39 is 8.07 Å². The van der Waals surface area contributed by atoms with Gasteiger partial charge >= 0.3 is 0 Å². The molecule has 0 saturated carbocycles. The van der Waals surface area contributed by atoms with Crippen LogP contribution in [0.25, 0.3) is 0 Å². The molecule has 0 aliphatic carbocycles. The normalized spacial score (nSPS) is 10.9. The van der Waals surface area contributed by atoms with E-state index in [0.29, 0.717) is 0 Å². The average molecular weight is 192 g/mol. The molecular formula is C11H13FSi. The fourth-order valence-electron chi connectivity index (χ4n) is 1.14. The van der Waals surface area contributed by atoms with Crippen molar-refractivity contribution in [1.29, 1.82) is 0 Å². The first-order chi connectivity index (χ1) is 6.12. The Labute approximate surface area is 79.4 Å². The van der Waals surface area contributed by atoms with Crippen molar-refractivity contribution in [3.63, 3.8) is 0 Å². The molecule has 0 radical (unpaired) electrons. The van der Waals surface area contributed by atoms with Crippen LogP contribution in [0.1, 0.15) is 0 Å². The molecule has 1 aromatic carbocycles. The van der Waals surface area contributed by atoms with Crippen LogP contribution in [0, 0.1) is 5.82 Å². The largest absolute Gasteiger partial charge is 0.207 e. The minimum absolute atomic E-state index is 0.195. The third-order valence-electron chi connectivity index (χ3n) is 2.29. The molecule has 0 saturated heterocycles.